The number of carbonyl (C=O) groups excluding carboxylic acids is 3. The topological polar surface area (TPSA) is 184 Å². The molecule has 0 aliphatic rings. The number of H-pyrrole nitrogens is 1. The third-order valence-electron chi connectivity index (χ3n) is 6.03. The number of carbonyl (C=O) groups is 4. The van der Waals surface area contributed by atoms with Crippen molar-refractivity contribution in [1.29, 1.82) is 0 Å². The molecule has 0 radical (unpaired) electrons. The Labute approximate surface area is 236 Å². The number of carboxylic acids is 1. The molecule has 2 heterocycles. The lowest BCUT2D eigenvalue weighted by Gasteiger charge is -2.13. The Bertz CT molecular complexity index is 1780. The lowest BCUT2D eigenvalue weighted by molar-refractivity contribution is -0.133. The minimum Gasteiger partial charge on any atom is -0.477 e. The van der Waals surface area contributed by atoms with Crippen LogP contribution in [0, 0.1) is 0 Å². The Kier molecular flexibility index (Phi) is 7.69. The Morgan fingerprint density at radius 3 is 2.44 bits per heavy atom. The number of hydrogen-bond donors (Lipinski definition) is 5. The fourth-order valence-electron chi connectivity index (χ4n) is 4.10. The zero-order valence-electron chi connectivity index (χ0n) is 21.1. The molecule has 3 aromatic carbocycles. The molecule has 5 rings (SSSR count). The molecule has 206 valence electrons. The van der Waals surface area contributed by atoms with E-state index in [1.807, 2.05) is 0 Å². The summed E-state index contributed by atoms with van der Waals surface area (Å²) in [5, 5.41) is 29.0. The van der Waals surface area contributed by atoms with Crippen LogP contribution in [0.25, 0.3) is 16.6 Å². The van der Waals surface area contributed by atoms with Gasteiger partial charge in [-0.05, 0) is 70.9 Å². The highest BCUT2D eigenvalue weighted by molar-refractivity contribution is 6.44. The average molecular weight is 573 g/mol. The summed E-state index contributed by atoms with van der Waals surface area (Å²) in [6.45, 7) is 0. The summed E-state index contributed by atoms with van der Waals surface area (Å²) in [4.78, 5) is 52.1. The van der Waals surface area contributed by atoms with Crippen LogP contribution >= 0.6 is 11.6 Å². The maximum absolute atomic E-state index is 12.8. The van der Waals surface area contributed by atoms with Gasteiger partial charge in [-0.25, -0.2) is 4.79 Å². The van der Waals surface area contributed by atoms with Crippen LogP contribution in [0.5, 0.6) is 0 Å². The molecule has 0 spiro atoms. The molecule has 0 atom stereocenters. The van der Waals surface area contributed by atoms with Crippen LogP contribution < -0.4 is 16.0 Å². The van der Waals surface area contributed by atoms with Crippen LogP contribution in [-0.2, 0) is 20.8 Å². The standard InChI is InChI=1S/C27H21ClN8O5/c28-17-6-9-23(36-14-29-34-35-36)21(13-17)33-26(39)25(38)32-19-4-2-1-3-15(19)5-10-24(37)30-18-7-8-20-16(11-18)12-22(31-20)27(40)41/h1-4,6-9,11-14,31H,5,10H2,(H,30,37)(H,32,38)(H,33,39)(H,40,41). The summed E-state index contributed by atoms with van der Waals surface area (Å²) in [5.41, 5.74) is 2.86. The first kappa shape index (κ1) is 27.0. The van der Waals surface area contributed by atoms with Gasteiger partial charge < -0.3 is 26.0 Å². The first-order valence-corrected chi connectivity index (χ1v) is 12.5. The molecule has 0 aliphatic heterocycles. The smallest absolute Gasteiger partial charge is 0.352 e. The molecule has 5 N–H and O–H groups in total. The van der Waals surface area contributed by atoms with Gasteiger partial charge in [-0.3, -0.25) is 14.4 Å². The minimum atomic E-state index is -1.08. The molecule has 41 heavy (non-hydrogen) atoms. The number of fused-ring (bicyclic) bond motifs is 1. The van der Waals surface area contributed by atoms with Gasteiger partial charge in [-0.15, -0.1) is 5.10 Å². The molecule has 0 unspecified atom stereocenters. The summed E-state index contributed by atoms with van der Waals surface area (Å²) < 4.78 is 1.31. The van der Waals surface area contributed by atoms with Gasteiger partial charge in [0.2, 0.25) is 5.91 Å². The van der Waals surface area contributed by atoms with Gasteiger partial charge in [0.05, 0.1) is 11.4 Å². The predicted molar refractivity (Wildman–Crippen MR) is 150 cm³/mol. The highest BCUT2D eigenvalue weighted by Gasteiger charge is 2.19. The molecule has 5 aromatic rings. The maximum atomic E-state index is 12.8. The minimum absolute atomic E-state index is 0.0522. The quantitative estimate of drug-likeness (QED) is 0.174. The van der Waals surface area contributed by atoms with Gasteiger partial charge in [0.25, 0.3) is 0 Å². The lowest BCUT2D eigenvalue weighted by Crippen LogP contribution is -2.30. The van der Waals surface area contributed by atoms with E-state index in [9.17, 15) is 19.2 Å². The third kappa shape index (κ3) is 6.37. The maximum Gasteiger partial charge on any atom is 0.352 e. The Morgan fingerprint density at radius 2 is 1.68 bits per heavy atom. The number of nitrogens with one attached hydrogen (secondary N) is 4. The second-order valence-electron chi connectivity index (χ2n) is 8.82. The zero-order valence-corrected chi connectivity index (χ0v) is 21.8. The highest BCUT2D eigenvalue weighted by Crippen LogP contribution is 2.25. The number of aryl methyl sites for hydroxylation is 1. The molecule has 14 heteroatoms. The number of halogens is 1. The molecule has 2 aromatic heterocycles. The van der Waals surface area contributed by atoms with Crippen LogP contribution in [0.15, 0.2) is 73.1 Å². The number of carboxylic acid groups (broad SMARTS) is 1. The number of aromatic nitrogens is 5. The Balaban J connectivity index is 1.21. The molecule has 0 fully saturated rings. The zero-order chi connectivity index (χ0) is 28.9. The molecular weight excluding hydrogens is 552 g/mol. The van der Waals surface area contributed by atoms with Crippen molar-refractivity contribution < 1.29 is 24.3 Å². The van der Waals surface area contributed by atoms with Crippen molar-refractivity contribution in [2.24, 2.45) is 0 Å². The fraction of sp³-hybridized carbons (Fsp3) is 0.0741. The normalized spacial score (nSPS) is 10.8. The van der Waals surface area contributed by atoms with Crippen LogP contribution in [-0.4, -0.2) is 54.0 Å². The third-order valence-corrected chi connectivity index (χ3v) is 6.27. The molecule has 0 aliphatic carbocycles. The predicted octanol–water partition coefficient (Wildman–Crippen LogP) is 3.64. The van der Waals surface area contributed by atoms with Crippen molar-refractivity contribution in [2.45, 2.75) is 12.8 Å². The monoisotopic (exact) mass is 572 g/mol. The average Bonchev–Trinajstić information content (AvgIpc) is 3.63. The summed E-state index contributed by atoms with van der Waals surface area (Å²) in [6, 6.07) is 18.0. The van der Waals surface area contributed by atoms with Crippen LogP contribution in [0.3, 0.4) is 0 Å². The number of para-hydroxylation sites is 1. The molecule has 0 saturated carbocycles. The molecular formula is C27H21ClN8O5. The van der Waals surface area contributed by atoms with E-state index in [2.05, 4.69) is 36.5 Å². The first-order chi connectivity index (χ1) is 19.8. The molecule has 0 bridgehead atoms. The van der Waals surface area contributed by atoms with Crippen molar-refractivity contribution >= 4 is 63.3 Å². The van der Waals surface area contributed by atoms with E-state index in [0.717, 1.165) is 0 Å². The second kappa shape index (κ2) is 11.7. The fourth-order valence-corrected chi connectivity index (χ4v) is 4.27. The van der Waals surface area contributed by atoms with E-state index < -0.39 is 17.8 Å². The van der Waals surface area contributed by atoms with Gasteiger partial charge in [-0.1, -0.05) is 29.8 Å². The summed E-state index contributed by atoms with van der Waals surface area (Å²) in [6.07, 6.45) is 1.69. The van der Waals surface area contributed by atoms with Crippen molar-refractivity contribution in [2.75, 3.05) is 16.0 Å². The van der Waals surface area contributed by atoms with Gasteiger partial charge in [0.1, 0.15) is 12.0 Å². The van der Waals surface area contributed by atoms with Crippen molar-refractivity contribution in [1.82, 2.24) is 25.2 Å². The van der Waals surface area contributed by atoms with Crippen LogP contribution in [0.1, 0.15) is 22.5 Å². The SMILES string of the molecule is O=C(CCc1ccccc1NC(=O)C(=O)Nc1cc(Cl)ccc1-n1cnnn1)Nc1ccc2[nH]c(C(=O)O)cc2c1. The number of tetrazole rings is 1. The van der Waals surface area contributed by atoms with Gasteiger partial charge in [0, 0.05) is 33.7 Å². The van der Waals surface area contributed by atoms with E-state index >= 15 is 0 Å². The van der Waals surface area contributed by atoms with Gasteiger partial charge >= 0.3 is 17.8 Å². The van der Waals surface area contributed by atoms with Crippen molar-refractivity contribution in [3.05, 3.63) is 89.3 Å². The van der Waals surface area contributed by atoms with Crippen molar-refractivity contribution in [3.63, 3.8) is 0 Å². The number of aromatic carboxylic acids is 1. The number of rotatable bonds is 8. The lowest BCUT2D eigenvalue weighted by atomic mass is 10.1. The number of aromatic amines is 1. The summed E-state index contributed by atoms with van der Waals surface area (Å²) in [5.74, 6) is -3.23. The van der Waals surface area contributed by atoms with E-state index in [1.54, 1.807) is 54.6 Å². The number of benzene rings is 3. The Hall–Kier alpha value is -5.56. The Morgan fingerprint density at radius 1 is 0.902 bits per heavy atom. The number of anilines is 3. The largest absolute Gasteiger partial charge is 0.477 e. The molecule has 3 amide bonds. The molecule has 13 nitrogen and oxygen atoms in total. The van der Waals surface area contributed by atoms with E-state index in [1.165, 1.54) is 23.1 Å². The van der Waals surface area contributed by atoms with Crippen LogP contribution in [0.2, 0.25) is 5.02 Å². The summed E-state index contributed by atoms with van der Waals surface area (Å²) >= 11 is 6.07. The highest BCUT2D eigenvalue weighted by atomic mass is 35.5. The number of hydrogen-bond acceptors (Lipinski definition) is 7. The van der Waals surface area contributed by atoms with E-state index in [4.69, 9.17) is 16.7 Å². The van der Waals surface area contributed by atoms with E-state index in [-0.39, 0.29) is 30.1 Å². The molecule has 0 saturated heterocycles. The summed E-state index contributed by atoms with van der Waals surface area (Å²) in [7, 11) is 0. The van der Waals surface area contributed by atoms with Gasteiger partial charge in [-0.2, -0.15) is 4.68 Å². The van der Waals surface area contributed by atoms with E-state index in [0.29, 0.717) is 38.6 Å². The number of amides is 3. The van der Waals surface area contributed by atoms with Crippen LogP contribution in [0.4, 0.5) is 17.1 Å². The van der Waals surface area contributed by atoms with Crippen molar-refractivity contribution in [3.8, 4) is 5.69 Å². The first-order valence-electron chi connectivity index (χ1n) is 12.2. The number of nitrogens with zero attached hydrogens (tertiary/aromatic N) is 4. The second-order valence-corrected chi connectivity index (χ2v) is 9.26. The van der Waals surface area contributed by atoms with Gasteiger partial charge in [0.15, 0.2) is 0 Å².